The minimum Gasteiger partial charge on any atom is -0.472 e. The van der Waals surface area contributed by atoms with Gasteiger partial charge in [-0.05, 0) is 12.1 Å². The summed E-state index contributed by atoms with van der Waals surface area (Å²) >= 11 is 5.29. The molecule has 9 heteroatoms. The summed E-state index contributed by atoms with van der Waals surface area (Å²) < 4.78 is 36.3. The lowest BCUT2D eigenvalue weighted by molar-refractivity contribution is -0.0509. The highest BCUT2D eigenvalue weighted by Crippen LogP contribution is 2.26. The Balaban J connectivity index is 2.29. The molecule has 6 nitrogen and oxygen atoms in total. The summed E-state index contributed by atoms with van der Waals surface area (Å²) in [5, 5.41) is 3.99. The second kappa shape index (κ2) is 7.08. The van der Waals surface area contributed by atoms with Crippen LogP contribution in [0.3, 0.4) is 0 Å². The van der Waals surface area contributed by atoms with Crippen molar-refractivity contribution in [2.24, 2.45) is 7.05 Å². The van der Waals surface area contributed by atoms with Crippen LogP contribution in [0.25, 0.3) is 0 Å². The molecule has 2 aromatic rings. The monoisotopic (exact) mass is 331 g/mol. The van der Waals surface area contributed by atoms with E-state index in [9.17, 15) is 13.6 Å². The molecule has 2 rings (SSSR count). The average molecular weight is 332 g/mol. The number of amides is 1. The number of ether oxygens (including phenoxy) is 2. The fourth-order valence-corrected chi connectivity index (χ4v) is 1.90. The van der Waals surface area contributed by atoms with E-state index < -0.39 is 12.5 Å². The Labute approximate surface area is 129 Å². The SMILES string of the molecule is Cn1ccc(OCc2c(OC(F)F)cccc2C(=O)NCl)n1. The van der Waals surface area contributed by atoms with Crippen LogP contribution in [0.5, 0.6) is 11.6 Å². The number of benzene rings is 1. The third kappa shape index (κ3) is 3.85. The maximum absolute atomic E-state index is 12.5. The van der Waals surface area contributed by atoms with E-state index >= 15 is 0 Å². The summed E-state index contributed by atoms with van der Waals surface area (Å²) in [6, 6.07) is 5.74. The predicted molar refractivity (Wildman–Crippen MR) is 73.9 cm³/mol. The maximum Gasteiger partial charge on any atom is 0.387 e. The van der Waals surface area contributed by atoms with E-state index in [0.717, 1.165) is 0 Å². The predicted octanol–water partition coefficient (Wildman–Crippen LogP) is 2.48. The van der Waals surface area contributed by atoms with E-state index in [4.69, 9.17) is 16.5 Å². The first-order valence-electron chi connectivity index (χ1n) is 6.11. The first kappa shape index (κ1) is 16.0. The Morgan fingerprint density at radius 3 is 2.82 bits per heavy atom. The van der Waals surface area contributed by atoms with Gasteiger partial charge in [0.2, 0.25) is 5.88 Å². The van der Waals surface area contributed by atoms with Crippen molar-refractivity contribution in [2.75, 3.05) is 0 Å². The van der Waals surface area contributed by atoms with Gasteiger partial charge >= 0.3 is 6.61 Å². The zero-order valence-electron chi connectivity index (χ0n) is 11.4. The van der Waals surface area contributed by atoms with Gasteiger partial charge in [0.15, 0.2) is 0 Å². The number of aromatic nitrogens is 2. The van der Waals surface area contributed by atoms with E-state index in [1.165, 1.54) is 22.9 Å². The van der Waals surface area contributed by atoms with Gasteiger partial charge in [-0.1, -0.05) is 6.07 Å². The topological polar surface area (TPSA) is 65.4 Å². The first-order chi connectivity index (χ1) is 10.5. The van der Waals surface area contributed by atoms with Gasteiger partial charge in [0.05, 0.1) is 5.56 Å². The third-order valence-corrected chi connectivity index (χ3v) is 2.90. The van der Waals surface area contributed by atoms with Crippen LogP contribution < -0.4 is 14.3 Å². The van der Waals surface area contributed by atoms with Gasteiger partial charge < -0.3 is 9.47 Å². The summed E-state index contributed by atoms with van der Waals surface area (Å²) in [4.78, 5) is 13.6. The number of halogens is 3. The van der Waals surface area contributed by atoms with Crippen molar-refractivity contribution in [3.63, 3.8) is 0 Å². The van der Waals surface area contributed by atoms with E-state index in [-0.39, 0.29) is 29.4 Å². The van der Waals surface area contributed by atoms with Crippen molar-refractivity contribution in [1.29, 1.82) is 0 Å². The molecule has 118 valence electrons. The molecule has 0 saturated heterocycles. The summed E-state index contributed by atoms with van der Waals surface area (Å²) in [5.74, 6) is -0.531. The standard InChI is InChI=1S/C13H12ClF2N3O3/c1-19-6-5-11(18-19)21-7-9-8(12(20)17-14)3-2-4-10(9)22-13(15)16/h2-6,13H,7H2,1H3,(H,17,20). The van der Waals surface area contributed by atoms with Crippen molar-refractivity contribution in [3.8, 4) is 11.6 Å². The number of alkyl halides is 2. The summed E-state index contributed by atoms with van der Waals surface area (Å²) in [7, 11) is 1.70. The molecule has 0 aliphatic carbocycles. The van der Waals surface area contributed by atoms with E-state index in [2.05, 4.69) is 9.84 Å². The second-order valence-corrected chi connectivity index (χ2v) is 4.39. The van der Waals surface area contributed by atoms with Gasteiger partial charge in [-0.25, -0.2) is 0 Å². The van der Waals surface area contributed by atoms with Crippen molar-refractivity contribution in [2.45, 2.75) is 13.2 Å². The van der Waals surface area contributed by atoms with Gasteiger partial charge in [-0.15, -0.1) is 5.10 Å². The van der Waals surface area contributed by atoms with E-state index in [0.29, 0.717) is 0 Å². The lowest BCUT2D eigenvalue weighted by Crippen LogP contribution is -2.17. The summed E-state index contributed by atoms with van der Waals surface area (Å²) in [6.07, 6.45) is 1.66. The molecule has 1 aromatic heterocycles. The minimum atomic E-state index is -3.03. The highest BCUT2D eigenvalue weighted by atomic mass is 35.5. The highest BCUT2D eigenvalue weighted by molar-refractivity contribution is 6.24. The number of nitrogens with zero attached hydrogens (tertiary/aromatic N) is 2. The maximum atomic E-state index is 12.5. The lowest BCUT2D eigenvalue weighted by atomic mass is 10.1. The molecule has 1 amide bonds. The van der Waals surface area contributed by atoms with Crippen LogP contribution in [0.15, 0.2) is 30.5 Å². The van der Waals surface area contributed by atoms with Crippen LogP contribution in [0.2, 0.25) is 0 Å². The van der Waals surface area contributed by atoms with Crippen LogP contribution in [-0.4, -0.2) is 22.3 Å². The van der Waals surface area contributed by atoms with Crippen LogP contribution in [-0.2, 0) is 13.7 Å². The largest absolute Gasteiger partial charge is 0.472 e. The Morgan fingerprint density at radius 1 is 1.45 bits per heavy atom. The second-order valence-electron chi connectivity index (χ2n) is 4.20. The van der Waals surface area contributed by atoms with Gasteiger partial charge in [0.1, 0.15) is 12.4 Å². The number of hydrogen-bond donors (Lipinski definition) is 1. The molecule has 22 heavy (non-hydrogen) atoms. The molecular weight excluding hydrogens is 320 g/mol. The van der Waals surface area contributed by atoms with Gasteiger partial charge in [0.25, 0.3) is 5.91 Å². The Morgan fingerprint density at radius 2 is 2.23 bits per heavy atom. The van der Waals surface area contributed by atoms with Gasteiger partial charge in [0, 0.05) is 36.7 Å². The number of carbonyl (C=O) groups is 1. The fourth-order valence-electron chi connectivity index (χ4n) is 1.80. The Bertz CT molecular complexity index is 664. The molecule has 1 aromatic carbocycles. The fraction of sp³-hybridized carbons (Fsp3) is 0.231. The molecule has 0 radical (unpaired) electrons. The molecule has 0 bridgehead atoms. The van der Waals surface area contributed by atoms with Crippen molar-refractivity contribution < 1.29 is 23.0 Å². The zero-order chi connectivity index (χ0) is 16.1. The normalized spacial score (nSPS) is 10.6. The molecule has 0 aliphatic rings. The van der Waals surface area contributed by atoms with E-state index in [1.54, 1.807) is 19.3 Å². The van der Waals surface area contributed by atoms with Crippen LogP contribution in [0, 0.1) is 0 Å². The number of aryl methyl sites for hydroxylation is 1. The quantitative estimate of drug-likeness (QED) is 0.826. The van der Waals surface area contributed by atoms with Crippen LogP contribution >= 0.6 is 11.8 Å². The number of rotatable bonds is 6. The molecule has 1 heterocycles. The zero-order valence-corrected chi connectivity index (χ0v) is 12.2. The molecule has 0 unspecified atom stereocenters. The van der Waals surface area contributed by atoms with Crippen LogP contribution in [0.4, 0.5) is 8.78 Å². The van der Waals surface area contributed by atoms with E-state index in [1.807, 2.05) is 4.84 Å². The van der Waals surface area contributed by atoms with Crippen LogP contribution in [0.1, 0.15) is 15.9 Å². The number of hydrogen-bond acceptors (Lipinski definition) is 4. The third-order valence-electron chi connectivity index (χ3n) is 2.73. The van der Waals surface area contributed by atoms with Gasteiger partial charge in [-0.3, -0.25) is 14.3 Å². The van der Waals surface area contributed by atoms with Crippen molar-refractivity contribution in [1.82, 2.24) is 14.6 Å². The number of nitrogens with one attached hydrogen (secondary N) is 1. The lowest BCUT2D eigenvalue weighted by Gasteiger charge is -2.14. The van der Waals surface area contributed by atoms with Crippen molar-refractivity contribution >= 4 is 17.7 Å². The molecule has 0 aliphatic heterocycles. The molecule has 0 fully saturated rings. The molecule has 0 spiro atoms. The smallest absolute Gasteiger partial charge is 0.387 e. The first-order valence-corrected chi connectivity index (χ1v) is 6.49. The average Bonchev–Trinajstić information content (AvgIpc) is 2.90. The van der Waals surface area contributed by atoms with Gasteiger partial charge in [-0.2, -0.15) is 8.78 Å². The molecular formula is C13H12ClF2N3O3. The molecule has 0 saturated carbocycles. The Kier molecular flexibility index (Phi) is 5.16. The summed E-state index contributed by atoms with van der Waals surface area (Å²) in [5.41, 5.74) is 0.218. The molecule has 0 atom stereocenters. The highest BCUT2D eigenvalue weighted by Gasteiger charge is 2.18. The summed E-state index contributed by atoms with van der Waals surface area (Å²) in [6.45, 7) is -3.21. The Hall–Kier alpha value is -2.35. The minimum absolute atomic E-state index is 0.0732. The molecule has 1 N–H and O–H groups in total. The number of carbonyl (C=O) groups excluding carboxylic acids is 1. The van der Waals surface area contributed by atoms with Crippen molar-refractivity contribution in [3.05, 3.63) is 41.6 Å².